The molecule has 164 valence electrons. The Labute approximate surface area is 190 Å². The van der Waals surface area contributed by atoms with Gasteiger partial charge in [0.2, 0.25) is 5.91 Å². The van der Waals surface area contributed by atoms with Crippen LogP contribution in [0.2, 0.25) is 5.02 Å². The molecule has 3 aromatic rings. The van der Waals surface area contributed by atoms with E-state index >= 15 is 0 Å². The maximum atomic E-state index is 12.4. The number of halogens is 1. The van der Waals surface area contributed by atoms with E-state index in [1.54, 1.807) is 79.9 Å². The van der Waals surface area contributed by atoms with Gasteiger partial charge in [0.25, 0.3) is 11.8 Å². The number of methoxy groups -OCH3 is 1. The lowest BCUT2D eigenvalue weighted by atomic mass is 10.2. The van der Waals surface area contributed by atoms with Crippen molar-refractivity contribution in [2.24, 2.45) is 0 Å². The summed E-state index contributed by atoms with van der Waals surface area (Å²) in [5.74, 6) is -0.169. The molecular formula is C24H22ClN3O4. The second-order valence-corrected chi connectivity index (χ2v) is 7.20. The standard InChI is InChI=1S/C24H22ClN3O4/c1-32-19-12-10-18(11-13-19)28-23(30)16-6-8-17(9-7-16)27-22(29)14-15-26-24(31)20-4-2-3-5-21(20)25/h2-13H,14-15H2,1H3,(H,26,31)(H,27,29)(H,28,30). The molecule has 0 aliphatic rings. The van der Waals surface area contributed by atoms with E-state index in [1.165, 1.54) is 0 Å². The molecule has 0 bridgehead atoms. The molecule has 0 radical (unpaired) electrons. The van der Waals surface area contributed by atoms with Crippen LogP contribution in [-0.4, -0.2) is 31.4 Å². The molecule has 0 saturated carbocycles. The monoisotopic (exact) mass is 451 g/mol. The number of carbonyl (C=O) groups excluding carboxylic acids is 3. The van der Waals surface area contributed by atoms with Crippen LogP contribution in [0.1, 0.15) is 27.1 Å². The summed E-state index contributed by atoms with van der Waals surface area (Å²) in [7, 11) is 1.57. The summed E-state index contributed by atoms with van der Waals surface area (Å²) >= 11 is 5.99. The molecule has 3 rings (SSSR count). The van der Waals surface area contributed by atoms with E-state index in [0.717, 1.165) is 0 Å². The van der Waals surface area contributed by atoms with Gasteiger partial charge in [0.05, 0.1) is 17.7 Å². The molecule has 0 saturated heterocycles. The Balaban J connectivity index is 1.46. The first-order valence-electron chi connectivity index (χ1n) is 9.84. The van der Waals surface area contributed by atoms with Gasteiger partial charge in [0, 0.05) is 29.9 Å². The highest BCUT2D eigenvalue weighted by Crippen LogP contribution is 2.17. The third-order valence-electron chi connectivity index (χ3n) is 4.53. The SMILES string of the molecule is COc1ccc(NC(=O)c2ccc(NC(=O)CCNC(=O)c3ccccc3Cl)cc2)cc1. The van der Waals surface area contributed by atoms with Crippen LogP contribution in [-0.2, 0) is 4.79 Å². The molecule has 3 amide bonds. The predicted molar refractivity (Wildman–Crippen MR) is 124 cm³/mol. The Bertz CT molecular complexity index is 1100. The number of anilines is 2. The molecule has 0 unspecified atom stereocenters. The van der Waals surface area contributed by atoms with Crippen molar-refractivity contribution < 1.29 is 19.1 Å². The molecule has 7 nitrogen and oxygen atoms in total. The minimum Gasteiger partial charge on any atom is -0.497 e. The summed E-state index contributed by atoms with van der Waals surface area (Å²) in [5.41, 5.74) is 2.00. The van der Waals surface area contributed by atoms with E-state index in [0.29, 0.717) is 33.3 Å². The highest BCUT2D eigenvalue weighted by atomic mass is 35.5. The molecule has 3 aromatic carbocycles. The molecule has 0 aliphatic heterocycles. The first-order valence-corrected chi connectivity index (χ1v) is 10.2. The molecule has 0 aromatic heterocycles. The number of ether oxygens (including phenoxy) is 1. The molecule has 32 heavy (non-hydrogen) atoms. The van der Waals surface area contributed by atoms with Crippen LogP contribution in [0.15, 0.2) is 72.8 Å². The largest absolute Gasteiger partial charge is 0.497 e. The summed E-state index contributed by atoms with van der Waals surface area (Å²) in [6.07, 6.45) is 0.0932. The smallest absolute Gasteiger partial charge is 0.255 e. The van der Waals surface area contributed by atoms with Gasteiger partial charge < -0.3 is 20.7 Å². The van der Waals surface area contributed by atoms with Crippen LogP contribution < -0.4 is 20.7 Å². The van der Waals surface area contributed by atoms with E-state index in [4.69, 9.17) is 16.3 Å². The van der Waals surface area contributed by atoms with E-state index in [9.17, 15) is 14.4 Å². The van der Waals surface area contributed by atoms with Gasteiger partial charge in [-0.3, -0.25) is 14.4 Å². The lowest BCUT2D eigenvalue weighted by Gasteiger charge is -2.09. The molecule has 0 heterocycles. The number of carbonyl (C=O) groups is 3. The molecule has 0 aliphatic carbocycles. The minimum absolute atomic E-state index is 0.0932. The van der Waals surface area contributed by atoms with E-state index in [2.05, 4.69) is 16.0 Å². The van der Waals surface area contributed by atoms with Crippen molar-refractivity contribution in [3.63, 3.8) is 0 Å². The Morgan fingerprint density at radius 1 is 0.812 bits per heavy atom. The average molecular weight is 452 g/mol. The van der Waals surface area contributed by atoms with Crippen LogP contribution in [0.25, 0.3) is 0 Å². The van der Waals surface area contributed by atoms with Crippen LogP contribution >= 0.6 is 11.6 Å². The Kier molecular flexibility index (Phi) is 7.83. The van der Waals surface area contributed by atoms with Crippen molar-refractivity contribution in [1.82, 2.24) is 5.32 Å². The van der Waals surface area contributed by atoms with Crippen molar-refractivity contribution in [1.29, 1.82) is 0 Å². The van der Waals surface area contributed by atoms with Crippen LogP contribution in [0.4, 0.5) is 11.4 Å². The molecular weight excluding hydrogens is 430 g/mol. The third kappa shape index (κ3) is 6.33. The number of benzene rings is 3. The van der Waals surface area contributed by atoms with E-state index < -0.39 is 0 Å². The fraction of sp³-hybridized carbons (Fsp3) is 0.125. The van der Waals surface area contributed by atoms with Gasteiger partial charge >= 0.3 is 0 Å². The molecule has 0 atom stereocenters. The second-order valence-electron chi connectivity index (χ2n) is 6.79. The fourth-order valence-corrected chi connectivity index (χ4v) is 3.06. The highest BCUT2D eigenvalue weighted by Gasteiger charge is 2.11. The maximum Gasteiger partial charge on any atom is 0.255 e. The first kappa shape index (κ1) is 22.8. The van der Waals surface area contributed by atoms with Crippen LogP contribution in [0, 0.1) is 0 Å². The highest BCUT2D eigenvalue weighted by molar-refractivity contribution is 6.33. The van der Waals surface area contributed by atoms with Crippen LogP contribution in [0.3, 0.4) is 0 Å². The average Bonchev–Trinajstić information content (AvgIpc) is 2.80. The van der Waals surface area contributed by atoms with Gasteiger partial charge in [-0.2, -0.15) is 0 Å². The second kappa shape index (κ2) is 11.0. The summed E-state index contributed by atoms with van der Waals surface area (Å²) in [6, 6.07) is 20.2. The van der Waals surface area contributed by atoms with Gasteiger partial charge in [0.1, 0.15) is 5.75 Å². The lowest BCUT2D eigenvalue weighted by molar-refractivity contribution is -0.116. The summed E-state index contributed by atoms with van der Waals surface area (Å²) in [4.78, 5) is 36.6. The normalized spacial score (nSPS) is 10.2. The Morgan fingerprint density at radius 3 is 2.09 bits per heavy atom. The first-order chi connectivity index (χ1) is 15.5. The van der Waals surface area contributed by atoms with Crippen molar-refractivity contribution in [3.05, 3.63) is 88.9 Å². The van der Waals surface area contributed by atoms with Gasteiger partial charge in [-0.15, -0.1) is 0 Å². The molecule has 8 heteroatoms. The van der Waals surface area contributed by atoms with Crippen molar-refractivity contribution in [2.75, 3.05) is 24.3 Å². The third-order valence-corrected chi connectivity index (χ3v) is 4.86. The lowest BCUT2D eigenvalue weighted by Crippen LogP contribution is -2.27. The van der Waals surface area contributed by atoms with Gasteiger partial charge in [0.15, 0.2) is 0 Å². The quantitative estimate of drug-likeness (QED) is 0.474. The minimum atomic E-state index is -0.337. The zero-order valence-electron chi connectivity index (χ0n) is 17.4. The summed E-state index contributed by atoms with van der Waals surface area (Å²) < 4.78 is 5.09. The molecule has 0 spiro atoms. The van der Waals surface area contributed by atoms with Gasteiger partial charge in [-0.25, -0.2) is 0 Å². The number of amides is 3. The van der Waals surface area contributed by atoms with Crippen LogP contribution in [0.5, 0.6) is 5.75 Å². The zero-order valence-corrected chi connectivity index (χ0v) is 18.1. The Morgan fingerprint density at radius 2 is 1.44 bits per heavy atom. The van der Waals surface area contributed by atoms with Crippen molar-refractivity contribution in [2.45, 2.75) is 6.42 Å². The van der Waals surface area contributed by atoms with E-state index in [1.807, 2.05) is 0 Å². The molecule has 3 N–H and O–H groups in total. The Hall–Kier alpha value is -3.84. The van der Waals surface area contributed by atoms with Gasteiger partial charge in [-0.1, -0.05) is 23.7 Å². The number of nitrogens with one attached hydrogen (secondary N) is 3. The maximum absolute atomic E-state index is 12.4. The summed E-state index contributed by atoms with van der Waals surface area (Å²) in [6.45, 7) is 0.165. The predicted octanol–water partition coefficient (Wildman–Crippen LogP) is 4.36. The topological polar surface area (TPSA) is 96.5 Å². The zero-order chi connectivity index (χ0) is 22.9. The fourth-order valence-electron chi connectivity index (χ4n) is 2.84. The van der Waals surface area contributed by atoms with Crippen molar-refractivity contribution >= 4 is 40.7 Å². The van der Waals surface area contributed by atoms with Gasteiger partial charge in [-0.05, 0) is 60.7 Å². The van der Waals surface area contributed by atoms with E-state index in [-0.39, 0.29) is 30.7 Å². The summed E-state index contributed by atoms with van der Waals surface area (Å²) in [5, 5.41) is 8.55. The number of hydrogen-bond acceptors (Lipinski definition) is 4. The number of rotatable bonds is 8. The molecule has 0 fully saturated rings. The van der Waals surface area contributed by atoms with Crippen molar-refractivity contribution in [3.8, 4) is 5.75 Å². The number of hydrogen-bond donors (Lipinski definition) is 3.